The Morgan fingerprint density at radius 1 is 1.03 bits per heavy atom. The molecule has 1 saturated carbocycles. The fraction of sp³-hybridized carbons (Fsp3) is 0.815. The maximum absolute atomic E-state index is 13.9. The molecular formula is C27H46N4O7. The molecule has 1 aliphatic heterocycles. The number of hydrogen-bond acceptors (Lipinski definition) is 7. The summed E-state index contributed by atoms with van der Waals surface area (Å²) in [7, 11) is 1.22. The van der Waals surface area contributed by atoms with Gasteiger partial charge in [0.25, 0.3) is 0 Å². The van der Waals surface area contributed by atoms with E-state index in [9.17, 15) is 24.0 Å². The van der Waals surface area contributed by atoms with Crippen LogP contribution in [-0.2, 0) is 28.8 Å². The van der Waals surface area contributed by atoms with Gasteiger partial charge in [-0.2, -0.15) is 0 Å². The minimum atomic E-state index is -1.05. The first-order valence-electron chi connectivity index (χ1n) is 13.3. The fourth-order valence-electron chi connectivity index (χ4n) is 5.29. The highest BCUT2D eigenvalue weighted by atomic mass is 16.6. The molecule has 0 bridgehead atoms. The molecular weight excluding hydrogens is 492 g/mol. The van der Waals surface area contributed by atoms with E-state index in [1.54, 1.807) is 20.8 Å². The third kappa shape index (κ3) is 7.24. The number of carbonyl (C=O) groups excluding carboxylic acids is 5. The molecule has 0 radical (unpaired) electrons. The highest BCUT2D eigenvalue weighted by molar-refractivity contribution is 6.38. The standard InChI is InChI=1S/C27H46N4O7/c1-11-12-13-16(19(32)22(34)30-37-10)28-21(33)18-17-15(27(17,8)9)14-31(18)23(35)20(25(2,3)4)29-24(36)38-26(5,6)7/h15-18,20H,11-14H2,1-10H3,(H,28,33)(H,29,36)(H,30,34)/t15-,16?,17?,18-,20+/m0/s1. The van der Waals surface area contributed by atoms with Crippen molar-refractivity contribution in [3.63, 3.8) is 0 Å². The number of nitrogens with zero attached hydrogens (tertiary/aromatic N) is 1. The van der Waals surface area contributed by atoms with Crippen LogP contribution in [0.15, 0.2) is 0 Å². The Labute approximate surface area is 226 Å². The summed E-state index contributed by atoms with van der Waals surface area (Å²) in [6.45, 7) is 17.1. The van der Waals surface area contributed by atoms with E-state index in [2.05, 4.69) is 29.3 Å². The molecule has 0 aromatic carbocycles. The van der Waals surface area contributed by atoms with Gasteiger partial charge in [0.15, 0.2) is 0 Å². The zero-order chi connectivity index (χ0) is 29.2. The Kier molecular flexibility index (Phi) is 9.62. The van der Waals surface area contributed by atoms with Crippen LogP contribution in [0.25, 0.3) is 0 Å². The monoisotopic (exact) mass is 538 g/mol. The number of unbranched alkanes of at least 4 members (excludes halogenated alkanes) is 1. The second-order valence-corrected chi connectivity index (χ2v) is 13.0. The first kappa shape index (κ1) is 31.5. The Hall–Kier alpha value is -2.69. The molecule has 0 aromatic heterocycles. The van der Waals surface area contributed by atoms with Gasteiger partial charge in [-0.3, -0.25) is 24.0 Å². The van der Waals surface area contributed by atoms with Crippen molar-refractivity contribution in [1.82, 2.24) is 21.0 Å². The van der Waals surface area contributed by atoms with Gasteiger partial charge in [-0.25, -0.2) is 10.3 Å². The van der Waals surface area contributed by atoms with Gasteiger partial charge in [0.2, 0.25) is 17.6 Å². The first-order chi connectivity index (χ1) is 17.4. The summed E-state index contributed by atoms with van der Waals surface area (Å²) < 4.78 is 5.39. The highest BCUT2D eigenvalue weighted by Crippen LogP contribution is 2.65. The van der Waals surface area contributed by atoms with Crippen LogP contribution in [0.1, 0.15) is 81.6 Å². The molecule has 2 aliphatic rings. The van der Waals surface area contributed by atoms with Gasteiger partial charge in [-0.1, -0.05) is 54.4 Å². The van der Waals surface area contributed by atoms with Gasteiger partial charge in [-0.15, -0.1) is 0 Å². The van der Waals surface area contributed by atoms with Crippen LogP contribution >= 0.6 is 0 Å². The normalized spacial score (nSPS) is 23.5. The number of amides is 4. The zero-order valence-electron chi connectivity index (χ0n) is 24.5. The zero-order valence-corrected chi connectivity index (χ0v) is 24.5. The summed E-state index contributed by atoms with van der Waals surface area (Å²) in [4.78, 5) is 71.2. The number of ketones is 1. The molecule has 38 heavy (non-hydrogen) atoms. The molecule has 3 N–H and O–H groups in total. The molecule has 11 heteroatoms. The SMILES string of the molecule is CCCCC(NC(=O)[C@@H]1C2[C@H](CN1C(=O)[C@@H](NC(=O)OC(C)(C)C)C(C)(C)C)C2(C)C)C(=O)C(=O)NOC. The van der Waals surface area contributed by atoms with Crippen LogP contribution in [-0.4, -0.2) is 71.9 Å². The maximum Gasteiger partial charge on any atom is 0.408 e. The maximum atomic E-state index is 13.9. The average molecular weight is 539 g/mol. The molecule has 2 unspecified atom stereocenters. The third-order valence-electron chi connectivity index (χ3n) is 7.43. The summed E-state index contributed by atoms with van der Waals surface area (Å²) >= 11 is 0. The number of piperidine rings is 1. The van der Waals surface area contributed by atoms with Crippen molar-refractivity contribution in [3.8, 4) is 0 Å². The van der Waals surface area contributed by atoms with Crippen molar-refractivity contribution in [2.75, 3.05) is 13.7 Å². The molecule has 2 fully saturated rings. The summed E-state index contributed by atoms with van der Waals surface area (Å²) in [6.07, 6.45) is 0.946. The van der Waals surface area contributed by atoms with Crippen molar-refractivity contribution in [2.24, 2.45) is 22.7 Å². The molecule has 4 amide bonds. The van der Waals surface area contributed by atoms with Crippen molar-refractivity contribution >= 4 is 29.6 Å². The van der Waals surface area contributed by atoms with Crippen molar-refractivity contribution in [3.05, 3.63) is 0 Å². The van der Waals surface area contributed by atoms with E-state index in [0.29, 0.717) is 13.0 Å². The average Bonchev–Trinajstić information content (AvgIpc) is 3.11. The second-order valence-electron chi connectivity index (χ2n) is 13.0. The van der Waals surface area contributed by atoms with Gasteiger partial charge in [0, 0.05) is 6.54 Å². The fourth-order valence-corrected chi connectivity index (χ4v) is 5.29. The van der Waals surface area contributed by atoms with Gasteiger partial charge in [-0.05, 0) is 49.9 Å². The van der Waals surface area contributed by atoms with Crippen LogP contribution in [0.5, 0.6) is 0 Å². The summed E-state index contributed by atoms with van der Waals surface area (Å²) in [6, 6.07) is -2.83. The largest absolute Gasteiger partial charge is 0.444 e. The molecule has 216 valence electrons. The Morgan fingerprint density at radius 2 is 1.63 bits per heavy atom. The lowest BCUT2D eigenvalue weighted by Crippen LogP contribution is -2.60. The summed E-state index contributed by atoms with van der Waals surface area (Å²) in [5.41, 5.74) is 0.435. The van der Waals surface area contributed by atoms with Crippen LogP contribution in [0.2, 0.25) is 0 Å². The molecule has 0 spiro atoms. The van der Waals surface area contributed by atoms with E-state index >= 15 is 0 Å². The van der Waals surface area contributed by atoms with Crippen LogP contribution in [0.4, 0.5) is 4.79 Å². The number of fused-ring (bicyclic) bond motifs is 1. The van der Waals surface area contributed by atoms with E-state index in [1.807, 2.05) is 33.2 Å². The number of hydrogen-bond donors (Lipinski definition) is 3. The quantitative estimate of drug-likeness (QED) is 0.286. The van der Waals surface area contributed by atoms with Crippen LogP contribution in [0, 0.1) is 22.7 Å². The number of Topliss-reactive ketones (excluding diaryl/α,β-unsaturated/α-hetero) is 1. The lowest BCUT2D eigenvalue weighted by atomic mass is 9.85. The third-order valence-corrected chi connectivity index (χ3v) is 7.43. The van der Waals surface area contributed by atoms with Gasteiger partial charge in [0.05, 0.1) is 13.2 Å². The number of nitrogens with one attached hydrogen (secondary N) is 3. The Morgan fingerprint density at radius 3 is 2.13 bits per heavy atom. The molecule has 1 heterocycles. The predicted molar refractivity (Wildman–Crippen MR) is 140 cm³/mol. The van der Waals surface area contributed by atoms with Gasteiger partial charge in [0.1, 0.15) is 17.7 Å². The van der Waals surface area contributed by atoms with E-state index in [0.717, 1.165) is 6.42 Å². The Bertz CT molecular complexity index is 935. The second kappa shape index (κ2) is 11.6. The predicted octanol–water partition coefficient (Wildman–Crippen LogP) is 2.33. The van der Waals surface area contributed by atoms with Gasteiger partial charge < -0.3 is 20.3 Å². The van der Waals surface area contributed by atoms with Crippen molar-refractivity contribution in [2.45, 2.75) is 105 Å². The number of rotatable bonds is 10. The molecule has 0 aromatic rings. The van der Waals surface area contributed by atoms with Crippen molar-refractivity contribution < 1.29 is 33.5 Å². The summed E-state index contributed by atoms with van der Waals surface area (Å²) in [5.74, 6) is -2.64. The van der Waals surface area contributed by atoms with Crippen LogP contribution in [0.3, 0.4) is 0 Å². The Balaban J connectivity index is 2.32. The number of hydroxylamine groups is 1. The van der Waals surface area contributed by atoms with E-state index in [-0.39, 0.29) is 29.6 Å². The molecule has 1 aliphatic carbocycles. The lowest BCUT2D eigenvalue weighted by Gasteiger charge is -2.38. The number of alkyl carbamates (subject to hydrolysis) is 1. The lowest BCUT2D eigenvalue weighted by molar-refractivity contribution is -0.147. The molecule has 5 atom stereocenters. The van der Waals surface area contributed by atoms with Crippen molar-refractivity contribution in [1.29, 1.82) is 0 Å². The van der Waals surface area contributed by atoms with Crippen LogP contribution < -0.4 is 16.1 Å². The number of likely N-dealkylation sites (tertiary alicyclic amines) is 1. The topological polar surface area (TPSA) is 143 Å². The number of carbonyl (C=O) groups is 5. The minimum absolute atomic E-state index is 0.103. The van der Waals surface area contributed by atoms with E-state index in [4.69, 9.17) is 4.74 Å². The first-order valence-corrected chi connectivity index (χ1v) is 13.3. The van der Waals surface area contributed by atoms with Gasteiger partial charge >= 0.3 is 12.0 Å². The molecule has 2 rings (SSSR count). The smallest absolute Gasteiger partial charge is 0.408 e. The van der Waals surface area contributed by atoms with E-state index in [1.165, 1.54) is 12.0 Å². The van der Waals surface area contributed by atoms with E-state index < -0.39 is 52.8 Å². The minimum Gasteiger partial charge on any atom is -0.444 e. The summed E-state index contributed by atoms with van der Waals surface area (Å²) in [5, 5.41) is 5.46. The molecule has 11 nitrogen and oxygen atoms in total. The highest BCUT2D eigenvalue weighted by Gasteiger charge is 2.70. The molecule has 1 saturated heterocycles. The number of ether oxygens (including phenoxy) is 1.